The van der Waals surface area contributed by atoms with E-state index in [4.69, 9.17) is 0 Å². The first kappa shape index (κ1) is 19.4. The lowest BCUT2D eigenvalue weighted by atomic mass is 9.95. The number of carbonyl (C=O) groups excluding carboxylic acids is 1. The lowest BCUT2D eigenvalue weighted by Gasteiger charge is -2.23. The molecule has 0 unspecified atom stereocenters. The van der Waals surface area contributed by atoms with E-state index < -0.39 is 0 Å². The minimum atomic E-state index is -0.301. The summed E-state index contributed by atoms with van der Waals surface area (Å²) in [6.07, 6.45) is 8.72. The zero-order chi connectivity index (χ0) is 20.1. The Morgan fingerprint density at radius 3 is 2.90 bits per heavy atom. The van der Waals surface area contributed by atoms with E-state index in [1.165, 1.54) is 31.4 Å². The molecule has 1 saturated carbocycles. The van der Waals surface area contributed by atoms with Gasteiger partial charge in [0.25, 0.3) is 0 Å². The van der Waals surface area contributed by atoms with Gasteiger partial charge in [0.15, 0.2) is 0 Å². The number of fused-ring (bicyclic) bond motifs is 1. The van der Waals surface area contributed by atoms with Gasteiger partial charge in [0, 0.05) is 31.6 Å². The van der Waals surface area contributed by atoms with Crippen LogP contribution in [0.3, 0.4) is 0 Å². The molecule has 4 rings (SSSR count). The fourth-order valence-corrected chi connectivity index (χ4v) is 3.93. The summed E-state index contributed by atoms with van der Waals surface area (Å²) in [5.41, 5.74) is 2.51. The molecular weight excluding hydrogens is 369 g/mol. The predicted molar refractivity (Wildman–Crippen MR) is 111 cm³/mol. The molecule has 0 spiro atoms. The number of anilines is 1. The first-order valence-electron chi connectivity index (χ1n) is 10.3. The molecule has 1 amide bonds. The van der Waals surface area contributed by atoms with Crippen molar-refractivity contribution in [2.24, 2.45) is 0 Å². The summed E-state index contributed by atoms with van der Waals surface area (Å²) >= 11 is 0. The highest BCUT2D eigenvalue weighted by Crippen LogP contribution is 2.27. The molecule has 1 aliphatic carbocycles. The van der Waals surface area contributed by atoms with Gasteiger partial charge in [-0.3, -0.25) is 9.89 Å². The van der Waals surface area contributed by atoms with E-state index in [-0.39, 0.29) is 11.7 Å². The number of hydrogen-bond acceptors (Lipinski definition) is 4. The Balaban J connectivity index is 1.39. The third-order valence-corrected chi connectivity index (χ3v) is 5.46. The molecule has 7 heteroatoms. The number of amides is 1. The van der Waals surface area contributed by atoms with E-state index in [1.54, 1.807) is 18.3 Å². The number of aromatic nitrogens is 3. The second-order valence-corrected chi connectivity index (χ2v) is 7.64. The van der Waals surface area contributed by atoms with Crippen molar-refractivity contribution in [2.45, 2.75) is 57.5 Å². The molecule has 3 aromatic rings. The van der Waals surface area contributed by atoms with Crippen LogP contribution in [-0.2, 0) is 17.8 Å². The lowest BCUT2D eigenvalue weighted by Crippen LogP contribution is -2.23. The molecule has 0 radical (unpaired) electrons. The van der Waals surface area contributed by atoms with Gasteiger partial charge < -0.3 is 10.6 Å². The third-order valence-electron chi connectivity index (χ3n) is 5.46. The summed E-state index contributed by atoms with van der Waals surface area (Å²) in [5.74, 6) is 0.458. The van der Waals surface area contributed by atoms with E-state index in [0.29, 0.717) is 25.4 Å². The van der Waals surface area contributed by atoms with Crippen molar-refractivity contribution in [3.05, 3.63) is 53.6 Å². The number of aromatic amines is 1. The largest absolute Gasteiger partial charge is 0.367 e. The summed E-state index contributed by atoms with van der Waals surface area (Å²) in [4.78, 5) is 16.8. The van der Waals surface area contributed by atoms with Crippen LogP contribution in [0.4, 0.5) is 10.2 Å². The van der Waals surface area contributed by atoms with Crippen molar-refractivity contribution in [2.75, 3.05) is 5.32 Å². The summed E-state index contributed by atoms with van der Waals surface area (Å²) in [6.45, 7) is 0.313. The fourth-order valence-electron chi connectivity index (χ4n) is 3.93. The Morgan fingerprint density at radius 1 is 1.21 bits per heavy atom. The Kier molecular flexibility index (Phi) is 6.03. The smallest absolute Gasteiger partial charge is 0.220 e. The topological polar surface area (TPSA) is 82.7 Å². The van der Waals surface area contributed by atoms with Gasteiger partial charge in [-0.05, 0) is 36.6 Å². The Labute approximate surface area is 169 Å². The number of aryl methyl sites for hydroxylation is 1. The predicted octanol–water partition coefficient (Wildman–Crippen LogP) is 4.09. The lowest BCUT2D eigenvalue weighted by molar-refractivity contribution is -0.121. The number of nitrogens with zero attached hydrogens (tertiary/aromatic N) is 2. The normalized spacial score (nSPS) is 14.8. The zero-order valence-electron chi connectivity index (χ0n) is 16.4. The number of halogens is 1. The van der Waals surface area contributed by atoms with Crippen molar-refractivity contribution in [1.29, 1.82) is 0 Å². The number of benzene rings is 1. The summed E-state index contributed by atoms with van der Waals surface area (Å²) in [5, 5.41) is 14.9. The van der Waals surface area contributed by atoms with Crippen LogP contribution in [0.1, 0.15) is 49.8 Å². The molecule has 1 fully saturated rings. The maximum absolute atomic E-state index is 13.2. The van der Waals surface area contributed by atoms with Crippen molar-refractivity contribution in [1.82, 2.24) is 20.5 Å². The van der Waals surface area contributed by atoms with Gasteiger partial charge in [-0.1, -0.05) is 31.4 Å². The maximum atomic E-state index is 13.2. The van der Waals surface area contributed by atoms with E-state index in [2.05, 4.69) is 25.8 Å². The van der Waals surface area contributed by atoms with Crippen molar-refractivity contribution in [3.8, 4) is 0 Å². The maximum Gasteiger partial charge on any atom is 0.220 e. The SMILES string of the molecule is O=C(CCc1n[nH]c2ccnc(NC3CCCCC3)c12)NCc1cccc(F)c1. The van der Waals surface area contributed by atoms with Crippen molar-refractivity contribution >= 4 is 22.6 Å². The van der Waals surface area contributed by atoms with Gasteiger partial charge in [-0.15, -0.1) is 0 Å². The number of nitrogens with one attached hydrogen (secondary N) is 3. The van der Waals surface area contributed by atoms with E-state index >= 15 is 0 Å². The number of H-pyrrole nitrogens is 1. The van der Waals surface area contributed by atoms with Crippen LogP contribution in [0.15, 0.2) is 36.5 Å². The second-order valence-electron chi connectivity index (χ2n) is 7.64. The van der Waals surface area contributed by atoms with Gasteiger partial charge in [0.05, 0.1) is 16.6 Å². The van der Waals surface area contributed by atoms with Crippen molar-refractivity contribution < 1.29 is 9.18 Å². The molecule has 3 N–H and O–H groups in total. The standard InChI is InChI=1S/C22H26FN5O/c23-16-6-4-5-15(13-16)14-25-20(29)10-9-18-21-19(28-27-18)11-12-24-22(21)26-17-7-2-1-3-8-17/h4-6,11-13,17H,1-3,7-10,14H2,(H,24,26)(H,25,29)(H,27,28). The molecule has 29 heavy (non-hydrogen) atoms. The van der Waals surface area contributed by atoms with E-state index in [9.17, 15) is 9.18 Å². The van der Waals surface area contributed by atoms with Crippen LogP contribution in [0.2, 0.25) is 0 Å². The van der Waals surface area contributed by atoms with Crippen LogP contribution in [-0.4, -0.2) is 27.1 Å². The highest BCUT2D eigenvalue weighted by atomic mass is 19.1. The second kappa shape index (κ2) is 9.03. The molecule has 6 nitrogen and oxygen atoms in total. The summed E-state index contributed by atoms with van der Waals surface area (Å²) in [7, 11) is 0. The number of rotatable bonds is 7. The molecule has 152 valence electrons. The molecule has 2 heterocycles. The number of pyridine rings is 1. The summed E-state index contributed by atoms with van der Waals surface area (Å²) in [6, 6.07) is 8.60. The van der Waals surface area contributed by atoms with Crippen LogP contribution in [0.5, 0.6) is 0 Å². The molecule has 1 aliphatic rings. The molecular formula is C22H26FN5O. The van der Waals surface area contributed by atoms with Crippen molar-refractivity contribution in [3.63, 3.8) is 0 Å². The van der Waals surface area contributed by atoms with Gasteiger partial charge in [-0.2, -0.15) is 5.10 Å². The molecule has 0 atom stereocenters. The minimum absolute atomic E-state index is 0.0870. The Morgan fingerprint density at radius 2 is 2.07 bits per heavy atom. The summed E-state index contributed by atoms with van der Waals surface area (Å²) < 4.78 is 13.2. The molecule has 1 aromatic carbocycles. The monoisotopic (exact) mass is 395 g/mol. The molecule has 0 bridgehead atoms. The molecule has 0 saturated heterocycles. The first-order chi connectivity index (χ1) is 14.2. The van der Waals surface area contributed by atoms with Crippen LogP contribution < -0.4 is 10.6 Å². The molecule has 2 aromatic heterocycles. The Bertz CT molecular complexity index is 980. The average molecular weight is 395 g/mol. The van der Waals surface area contributed by atoms with Crippen LogP contribution in [0.25, 0.3) is 10.9 Å². The van der Waals surface area contributed by atoms with Gasteiger partial charge in [0.2, 0.25) is 5.91 Å². The van der Waals surface area contributed by atoms with Gasteiger partial charge >= 0.3 is 0 Å². The van der Waals surface area contributed by atoms with Gasteiger partial charge in [-0.25, -0.2) is 9.37 Å². The van der Waals surface area contributed by atoms with E-state index in [1.807, 2.05) is 6.07 Å². The number of carbonyl (C=O) groups is 1. The fraction of sp³-hybridized carbons (Fsp3) is 0.409. The molecule has 0 aliphatic heterocycles. The van der Waals surface area contributed by atoms with E-state index in [0.717, 1.165) is 40.8 Å². The third kappa shape index (κ3) is 4.91. The zero-order valence-corrected chi connectivity index (χ0v) is 16.4. The average Bonchev–Trinajstić information content (AvgIpc) is 3.16. The first-order valence-corrected chi connectivity index (χ1v) is 10.3. The number of hydrogen-bond donors (Lipinski definition) is 3. The highest BCUT2D eigenvalue weighted by molar-refractivity contribution is 5.92. The Hall–Kier alpha value is -2.96. The van der Waals surface area contributed by atoms with Gasteiger partial charge in [0.1, 0.15) is 11.6 Å². The highest BCUT2D eigenvalue weighted by Gasteiger charge is 2.18. The van der Waals surface area contributed by atoms with Crippen LogP contribution in [0, 0.1) is 5.82 Å². The quantitative estimate of drug-likeness (QED) is 0.563. The van der Waals surface area contributed by atoms with Crippen LogP contribution >= 0.6 is 0 Å². The minimum Gasteiger partial charge on any atom is -0.367 e.